The lowest BCUT2D eigenvalue weighted by atomic mass is 9.99. The maximum absolute atomic E-state index is 12.4. The fraction of sp³-hybridized carbons (Fsp3) is 0.286. The molecule has 0 aliphatic carbocycles. The molecule has 0 bridgehead atoms. The number of benzene rings is 2. The number of hydrogen-bond donors (Lipinski definition) is 0. The molecule has 2 amide bonds. The minimum absolute atomic E-state index is 0.0405. The number of fused-ring (bicyclic) bond motifs is 2. The molecule has 0 saturated carbocycles. The smallest absolute Gasteiger partial charge is 0.347 e. The van der Waals surface area contributed by atoms with Gasteiger partial charge in [0.05, 0.1) is 31.9 Å². The van der Waals surface area contributed by atoms with Crippen molar-refractivity contribution in [2.45, 2.75) is 13.0 Å². The quantitative estimate of drug-likeness (QED) is 0.713. The first kappa shape index (κ1) is 18.9. The van der Waals surface area contributed by atoms with Gasteiger partial charge in [-0.05, 0) is 41.8 Å². The predicted octanol–water partition coefficient (Wildman–Crippen LogP) is 1.82. The second-order valence-electron chi connectivity index (χ2n) is 6.85. The average Bonchev–Trinajstić information content (AvgIpc) is 2.97. The van der Waals surface area contributed by atoms with Crippen molar-refractivity contribution in [2.75, 3.05) is 27.3 Å². The lowest BCUT2D eigenvalue weighted by Crippen LogP contribution is -2.40. The van der Waals surface area contributed by atoms with Crippen molar-refractivity contribution in [3.8, 4) is 11.5 Å². The largest absolute Gasteiger partial charge is 0.493 e. The fourth-order valence-corrected chi connectivity index (χ4v) is 3.64. The van der Waals surface area contributed by atoms with E-state index in [4.69, 9.17) is 14.3 Å². The molecule has 2 aliphatic rings. The second-order valence-corrected chi connectivity index (χ2v) is 6.85. The molecule has 0 fully saturated rings. The highest BCUT2D eigenvalue weighted by Crippen LogP contribution is 2.33. The van der Waals surface area contributed by atoms with Crippen LogP contribution in [-0.4, -0.2) is 55.1 Å². The Morgan fingerprint density at radius 2 is 1.55 bits per heavy atom. The molecule has 2 aliphatic heterocycles. The van der Waals surface area contributed by atoms with Gasteiger partial charge in [0.15, 0.2) is 11.5 Å². The molecule has 0 atom stereocenters. The number of carbonyl (C=O) groups is 3. The van der Waals surface area contributed by atoms with Gasteiger partial charge in [0.2, 0.25) is 0 Å². The first-order valence-electron chi connectivity index (χ1n) is 9.16. The number of ether oxygens (including phenoxy) is 2. The number of rotatable bonds is 5. The van der Waals surface area contributed by atoms with Gasteiger partial charge < -0.3 is 14.3 Å². The van der Waals surface area contributed by atoms with E-state index in [1.807, 2.05) is 17.0 Å². The molecule has 0 aromatic heterocycles. The third-order valence-corrected chi connectivity index (χ3v) is 5.10. The molecule has 0 N–H and O–H groups in total. The number of hydrogen-bond acceptors (Lipinski definition) is 7. The van der Waals surface area contributed by atoms with Crippen molar-refractivity contribution in [1.82, 2.24) is 9.96 Å². The molecule has 0 radical (unpaired) electrons. The van der Waals surface area contributed by atoms with Crippen LogP contribution in [-0.2, 0) is 22.6 Å². The zero-order valence-corrected chi connectivity index (χ0v) is 16.1. The number of nitrogens with zero attached hydrogens (tertiary/aromatic N) is 2. The topological polar surface area (TPSA) is 85.4 Å². The average molecular weight is 396 g/mol. The van der Waals surface area contributed by atoms with E-state index in [-0.39, 0.29) is 17.7 Å². The summed E-state index contributed by atoms with van der Waals surface area (Å²) in [5, 5.41) is 0.540. The minimum Gasteiger partial charge on any atom is -0.493 e. The van der Waals surface area contributed by atoms with Crippen LogP contribution in [0.1, 0.15) is 31.8 Å². The summed E-state index contributed by atoms with van der Waals surface area (Å²) in [6.07, 6.45) is 0.732. The Kier molecular flexibility index (Phi) is 4.94. The molecule has 29 heavy (non-hydrogen) atoms. The van der Waals surface area contributed by atoms with Crippen molar-refractivity contribution >= 4 is 17.8 Å². The highest BCUT2D eigenvalue weighted by molar-refractivity contribution is 6.20. The summed E-state index contributed by atoms with van der Waals surface area (Å²) in [5.74, 6) is -0.616. The number of methoxy groups -OCH3 is 2. The lowest BCUT2D eigenvalue weighted by molar-refractivity contribution is -0.170. The Hall–Kier alpha value is -3.39. The maximum Gasteiger partial charge on any atom is 0.347 e. The monoisotopic (exact) mass is 396 g/mol. The molecule has 0 saturated heterocycles. The SMILES string of the molecule is COc1cc2c(cc1OC)CN(CC(=O)ON1C(=O)c3ccccc3C1=O)CC2. The van der Waals surface area contributed by atoms with Crippen LogP contribution < -0.4 is 9.47 Å². The van der Waals surface area contributed by atoms with Crippen LogP contribution in [0.5, 0.6) is 11.5 Å². The summed E-state index contributed by atoms with van der Waals surface area (Å²) in [4.78, 5) is 44.0. The van der Waals surface area contributed by atoms with Crippen LogP contribution in [0, 0.1) is 0 Å². The third-order valence-electron chi connectivity index (χ3n) is 5.10. The summed E-state index contributed by atoms with van der Waals surface area (Å²) in [6, 6.07) is 10.2. The minimum atomic E-state index is -0.663. The molecule has 8 heteroatoms. The van der Waals surface area contributed by atoms with E-state index in [2.05, 4.69) is 0 Å². The third kappa shape index (κ3) is 3.42. The lowest BCUT2D eigenvalue weighted by Gasteiger charge is -2.28. The van der Waals surface area contributed by atoms with Gasteiger partial charge in [0.25, 0.3) is 11.8 Å². The molecule has 150 valence electrons. The Morgan fingerprint density at radius 1 is 0.966 bits per heavy atom. The first-order chi connectivity index (χ1) is 14.0. The van der Waals surface area contributed by atoms with Crippen LogP contribution in [0.15, 0.2) is 36.4 Å². The van der Waals surface area contributed by atoms with Crippen molar-refractivity contribution in [2.24, 2.45) is 0 Å². The molecule has 2 heterocycles. The van der Waals surface area contributed by atoms with Crippen LogP contribution in [0.3, 0.4) is 0 Å². The zero-order chi connectivity index (χ0) is 20.5. The summed E-state index contributed by atoms with van der Waals surface area (Å²) in [7, 11) is 3.17. The maximum atomic E-state index is 12.4. The van der Waals surface area contributed by atoms with Crippen molar-refractivity contribution in [3.05, 3.63) is 58.7 Å². The molecular formula is C21H20N2O6. The summed E-state index contributed by atoms with van der Waals surface area (Å²) in [5.41, 5.74) is 2.63. The molecular weight excluding hydrogens is 376 g/mol. The van der Waals surface area contributed by atoms with E-state index in [1.54, 1.807) is 26.4 Å². The Labute approximate surface area is 167 Å². The Morgan fingerprint density at radius 3 is 2.14 bits per heavy atom. The van der Waals surface area contributed by atoms with Gasteiger partial charge in [-0.25, -0.2) is 4.79 Å². The standard InChI is InChI=1S/C21H20N2O6/c1-27-17-9-13-7-8-22(11-14(13)10-18(17)28-2)12-19(24)29-23-20(25)15-5-3-4-6-16(15)21(23)26/h3-6,9-10H,7-8,11-12H2,1-2H3. The Balaban J connectivity index is 1.42. The van der Waals surface area contributed by atoms with Crippen LogP contribution in [0.4, 0.5) is 0 Å². The summed E-state index contributed by atoms with van der Waals surface area (Å²) >= 11 is 0. The summed E-state index contributed by atoms with van der Waals surface area (Å²) < 4.78 is 10.7. The van der Waals surface area contributed by atoms with Crippen molar-refractivity contribution < 1.29 is 28.7 Å². The van der Waals surface area contributed by atoms with E-state index < -0.39 is 17.8 Å². The van der Waals surface area contributed by atoms with E-state index >= 15 is 0 Å². The van der Waals surface area contributed by atoms with Gasteiger partial charge in [0.1, 0.15) is 0 Å². The van der Waals surface area contributed by atoms with Gasteiger partial charge in [-0.3, -0.25) is 14.5 Å². The van der Waals surface area contributed by atoms with E-state index in [0.29, 0.717) is 29.7 Å². The number of carbonyl (C=O) groups excluding carboxylic acids is 3. The highest BCUT2D eigenvalue weighted by Gasteiger charge is 2.38. The van der Waals surface area contributed by atoms with E-state index in [0.717, 1.165) is 17.5 Å². The molecule has 2 aromatic rings. The molecule has 0 unspecified atom stereocenters. The van der Waals surface area contributed by atoms with Crippen molar-refractivity contribution in [3.63, 3.8) is 0 Å². The van der Waals surface area contributed by atoms with E-state index in [9.17, 15) is 14.4 Å². The van der Waals surface area contributed by atoms with Gasteiger partial charge in [-0.15, -0.1) is 0 Å². The molecule has 2 aromatic carbocycles. The number of hydroxylamine groups is 2. The van der Waals surface area contributed by atoms with Gasteiger partial charge in [-0.2, -0.15) is 0 Å². The highest BCUT2D eigenvalue weighted by atomic mass is 16.7. The number of amides is 2. The van der Waals surface area contributed by atoms with E-state index in [1.165, 1.54) is 12.1 Å². The van der Waals surface area contributed by atoms with Gasteiger partial charge in [-0.1, -0.05) is 17.2 Å². The first-order valence-corrected chi connectivity index (χ1v) is 9.16. The van der Waals surface area contributed by atoms with Gasteiger partial charge in [0, 0.05) is 13.1 Å². The normalized spacial score (nSPS) is 15.7. The van der Waals surface area contributed by atoms with Crippen LogP contribution in [0.25, 0.3) is 0 Å². The molecule has 4 rings (SSSR count). The van der Waals surface area contributed by atoms with Crippen LogP contribution >= 0.6 is 0 Å². The van der Waals surface area contributed by atoms with Gasteiger partial charge >= 0.3 is 5.97 Å². The van der Waals surface area contributed by atoms with Crippen molar-refractivity contribution in [1.29, 1.82) is 0 Å². The van der Waals surface area contributed by atoms with Crippen LogP contribution in [0.2, 0.25) is 0 Å². The zero-order valence-electron chi connectivity index (χ0n) is 16.1. The Bertz CT molecular complexity index is 968. The molecule has 8 nitrogen and oxygen atoms in total. The number of imide groups is 1. The molecule has 0 spiro atoms. The summed E-state index contributed by atoms with van der Waals surface area (Å²) in [6.45, 7) is 1.12. The fourth-order valence-electron chi connectivity index (χ4n) is 3.64. The predicted molar refractivity (Wildman–Crippen MR) is 102 cm³/mol. The second kappa shape index (κ2) is 7.56.